The molecule has 27 heavy (non-hydrogen) atoms. The van der Waals surface area contributed by atoms with Gasteiger partial charge in [-0.1, -0.05) is 29.8 Å². The van der Waals surface area contributed by atoms with Crippen LogP contribution in [0.15, 0.2) is 58.4 Å². The third kappa shape index (κ3) is 4.85. The van der Waals surface area contributed by atoms with Crippen molar-refractivity contribution < 1.29 is 4.79 Å². The van der Waals surface area contributed by atoms with Crippen LogP contribution in [-0.2, 0) is 0 Å². The maximum absolute atomic E-state index is 12.3. The minimum atomic E-state index is -0.330. The molecule has 0 aliphatic rings. The van der Waals surface area contributed by atoms with Crippen molar-refractivity contribution in [2.24, 2.45) is 5.10 Å². The van der Waals surface area contributed by atoms with Crippen LogP contribution in [0.25, 0.3) is 0 Å². The molecule has 1 aromatic heterocycles. The number of benzene rings is 2. The molecule has 8 nitrogen and oxygen atoms in total. The van der Waals surface area contributed by atoms with Gasteiger partial charge in [-0.15, -0.1) is 10.2 Å². The molecule has 3 rings (SSSR count). The first-order chi connectivity index (χ1) is 13.0. The first-order valence-corrected chi connectivity index (χ1v) is 8.22. The molecule has 0 radical (unpaired) electrons. The number of hydrogen-bond donors (Lipinski definition) is 3. The number of aryl methyl sites for hydroxylation is 2. The molecule has 0 fully saturated rings. The lowest BCUT2D eigenvalue weighted by Crippen LogP contribution is -2.15. The van der Waals surface area contributed by atoms with Crippen LogP contribution in [0.2, 0.25) is 0 Å². The largest absolute Gasteiger partial charge is 0.322 e. The third-order valence-corrected chi connectivity index (χ3v) is 3.70. The number of nitrogens with zero attached hydrogens (tertiary/aromatic N) is 3. The van der Waals surface area contributed by atoms with Crippen LogP contribution in [0.1, 0.15) is 27.2 Å². The monoisotopic (exact) mass is 362 g/mol. The Hall–Kier alpha value is -3.81. The molecule has 2 aromatic carbocycles. The van der Waals surface area contributed by atoms with Gasteiger partial charge in [0.2, 0.25) is 5.95 Å². The second kappa shape index (κ2) is 8.05. The molecule has 1 heterocycles. The van der Waals surface area contributed by atoms with Crippen LogP contribution in [0, 0.1) is 13.8 Å². The summed E-state index contributed by atoms with van der Waals surface area (Å²) in [5.74, 6) is -0.0413. The lowest BCUT2D eigenvalue weighted by molar-refractivity contribution is 0.102. The molecule has 0 aliphatic heterocycles. The second-order valence-corrected chi connectivity index (χ2v) is 5.90. The van der Waals surface area contributed by atoms with Crippen LogP contribution in [0.4, 0.5) is 11.6 Å². The highest BCUT2D eigenvalue weighted by Gasteiger charge is 2.05. The number of carbonyl (C=O) groups excluding carboxylic acids is 1. The van der Waals surface area contributed by atoms with Crippen molar-refractivity contribution in [3.63, 3.8) is 0 Å². The Morgan fingerprint density at radius 3 is 2.63 bits per heavy atom. The number of hydrogen-bond acceptors (Lipinski definition) is 6. The van der Waals surface area contributed by atoms with E-state index in [1.165, 1.54) is 0 Å². The van der Waals surface area contributed by atoms with Crippen LogP contribution >= 0.6 is 0 Å². The molecule has 8 heteroatoms. The lowest BCUT2D eigenvalue weighted by atomic mass is 10.1. The van der Waals surface area contributed by atoms with Crippen molar-refractivity contribution in [1.82, 2.24) is 15.2 Å². The number of anilines is 2. The average molecular weight is 362 g/mol. The van der Waals surface area contributed by atoms with Crippen LogP contribution in [0.5, 0.6) is 0 Å². The highest BCUT2D eigenvalue weighted by atomic mass is 16.1. The Labute approximate surface area is 155 Å². The van der Waals surface area contributed by atoms with E-state index in [0.29, 0.717) is 11.3 Å². The van der Waals surface area contributed by atoms with Crippen molar-refractivity contribution >= 4 is 23.8 Å². The van der Waals surface area contributed by atoms with Crippen LogP contribution in [-0.4, -0.2) is 27.3 Å². The zero-order valence-corrected chi connectivity index (χ0v) is 14.9. The molecule has 0 aliphatic carbocycles. The maximum atomic E-state index is 12.3. The summed E-state index contributed by atoms with van der Waals surface area (Å²) < 4.78 is 0. The summed E-state index contributed by atoms with van der Waals surface area (Å²) in [4.78, 5) is 26.3. The predicted octanol–water partition coefficient (Wildman–Crippen LogP) is 2.48. The molecule has 0 spiro atoms. The molecule has 1 amide bonds. The highest BCUT2D eigenvalue weighted by molar-refractivity contribution is 6.04. The third-order valence-electron chi connectivity index (χ3n) is 3.70. The fourth-order valence-electron chi connectivity index (χ4n) is 2.22. The summed E-state index contributed by atoms with van der Waals surface area (Å²) in [6.45, 7) is 3.53. The van der Waals surface area contributed by atoms with Crippen LogP contribution in [0.3, 0.4) is 0 Å². The Balaban J connectivity index is 1.66. The van der Waals surface area contributed by atoms with E-state index in [1.807, 2.05) is 25.1 Å². The maximum Gasteiger partial charge on any atom is 0.274 e. The first kappa shape index (κ1) is 18.0. The summed E-state index contributed by atoms with van der Waals surface area (Å²) in [7, 11) is 0. The van der Waals surface area contributed by atoms with E-state index < -0.39 is 0 Å². The van der Waals surface area contributed by atoms with Crippen molar-refractivity contribution in [3.05, 3.63) is 81.3 Å². The average Bonchev–Trinajstić information content (AvgIpc) is 2.65. The fourth-order valence-corrected chi connectivity index (χ4v) is 2.22. The SMILES string of the molecule is Cc1ccc(C(=O)Nc2cccc(/C=N\Nc3nnc(C)c(=O)[nH]3)c2)cc1. The van der Waals surface area contributed by atoms with E-state index in [0.717, 1.165) is 11.1 Å². The number of aromatic nitrogens is 3. The van der Waals surface area contributed by atoms with Crippen molar-refractivity contribution in [3.8, 4) is 0 Å². The topological polar surface area (TPSA) is 112 Å². The minimum Gasteiger partial charge on any atom is -0.322 e. The molecular weight excluding hydrogens is 344 g/mol. The van der Waals surface area contributed by atoms with Crippen molar-refractivity contribution in [1.29, 1.82) is 0 Å². The molecular formula is C19H18N6O2. The zero-order chi connectivity index (χ0) is 19.2. The van der Waals surface area contributed by atoms with Gasteiger partial charge in [0.1, 0.15) is 5.69 Å². The van der Waals surface area contributed by atoms with Gasteiger partial charge in [-0.05, 0) is 43.7 Å². The summed E-state index contributed by atoms with van der Waals surface area (Å²) in [5.41, 5.74) is 5.64. The number of rotatable bonds is 5. The van der Waals surface area contributed by atoms with Gasteiger partial charge in [-0.2, -0.15) is 5.10 Å². The smallest absolute Gasteiger partial charge is 0.274 e. The molecule has 3 N–H and O–H groups in total. The summed E-state index contributed by atoms with van der Waals surface area (Å²) in [6, 6.07) is 14.5. The van der Waals surface area contributed by atoms with E-state index in [-0.39, 0.29) is 23.1 Å². The number of H-pyrrole nitrogens is 1. The Morgan fingerprint density at radius 1 is 1.11 bits per heavy atom. The molecule has 0 saturated carbocycles. The Kier molecular flexibility index (Phi) is 5.36. The second-order valence-electron chi connectivity index (χ2n) is 5.90. The number of carbonyl (C=O) groups is 1. The highest BCUT2D eigenvalue weighted by Crippen LogP contribution is 2.12. The van der Waals surface area contributed by atoms with Crippen molar-refractivity contribution in [2.75, 3.05) is 10.7 Å². The first-order valence-electron chi connectivity index (χ1n) is 8.22. The summed E-state index contributed by atoms with van der Waals surface area (Å²) >= 11 is 0. The molecule has 0 bridgehead atoms. The van der Waals surface area contributed by atoms with Crippen LogP contribution < -0.4 is 16.3 Å². The van der Waals surface area contributed by atoms with Gasteiger partial charge in [0, 0.05) is 11.3 Å². The van der Waals surface area contributed by atoms with Crippen molar-refractivity contribution in [2.45, 2.75) is 13.8 Å². The predicted molar refractivity (Wildman–Crippen MR) is 104 cm³/mol. The Morgan fingerprint density at radius 2 is 1.89 bits per heavy atom. The molecule has 3 aromatic rings. The number of aromatic amines is 1. The van der Waals surface area contributed by atoms with Gasteiger partial charge < -0.3 is 5.32 Å². The van der Waals surface area contributed by atoms with E-state index in [1.54, 1.807) is 43.5 Å². The van der Waals surface area contributed by atoms with Gasteiger partial charge in [0.25, 0.3) is 11.5 Å². The van der Waals surface area contributed by atoms with E-state index in [2.05, 4.69) is 31.0 Å². The quantitative estimate of drug-likeness (QED) is 0.477. The van der Waals surface area contributed by atoms with Gasteiger partial charge in [0.15, 0.2) is 0 Å². The normalized spacial score (nSPS) is 10.7. The number of amides is 1. The van der Waals surface area contributed by atoms with E-state index >= 15 is 0 Å². The summed E-state index contributed by atoms with van der Waals surface area (Å²) in [5, 5.41) is 14.3. The molecule has 0 atom stereocenters. The number of hydrazone groups is 1. The summed E-state index contributed by atoms with van der Waals surface area (Å²) in [6.07, 6.45) is 1.54. The van der Waals surface area contributed by atoms with Gasteiger partial charge >= 0.3 is 0 Å². The lowest BCUT2D eigenvalue weighted by Gasteiger charge is -2.06. The minimum absolute atomic E-state index is 0.144. The molecule has 0 saturated heterocycles. The molecule has 0 unspecified atom stereocenters. The zero-order valence-electron chi connectivity index (χ0n) is 14.9. The Bertz CT molecular complexity index is 1040. The molecule has 136 valence electrons. The number of nitrogens with one attached hydrogen (secondary N) is 3. The van der Waals surface area contributed by atoms with Gasteiger partial charge in [-0.3, -0.25) is 14.6 Å². The van der Waals surface area contributed by atoms with E-state index in [9.17, 15) is 9.59 Å². The van der Waals surface area contributed by atoms with E-state index in [4.69, 9.17) is 0 Å². The fraction of sp³-hybridized carbons (Fsp3) is 0.105. The van der Waals surface area contributed by atoms with Gasteiger partial charge in [0.05, 0.1) is 6.21 Å². The standard InChI is InChI=1S/C19H18N6O2/c1-12-6-8-15(9-7-12)18(27)21-16-5-3-4-14(10-16)11-20-24-19-22-17(26)13(2)23-25-19/h3-11H,1-2H3,(H,21,27)(H2,22,24,25,26)/b20-11-. The van der Waals surface area contributed by atoms with Gasteiger partial charge in [-0.25, -0.2) is 5.43 Å².